The van der Waals surface area contributed by atoms with Gasteiger partial charge in [-0.15, -0.1) is 0 Å². The summed E-state index contributed by atoms with van der Waals surface area (Å²) < 4.78 is 2.02. The molecule has 0 aliphatic rings. The van der Waals surface area contributed by atoms with Gasteiger partial charge >= 0.3 is 0 Å². The quantitative estimate of drug-likeness (QED) is 0.565. The van der Waals surface area contributed by atoms with Crippen molar-refractivity contribution in [1.82, 2.24) is 14.5 Å². The second kappa shape index (κ2) is 4.46. The largest absolute Gasteiger partial charge is 0.508 e. The lowest BCUT2D eigenvalue weighted by Crippen LogP contribution is -1.96. The topological polar surface area (TPSA) is 77.0 Å². The van der Waals surface area contributed by atoms with E-state index in [2.05, 4.69) is 16.0 Å². The highest BCUT2D eigenvalue weighted by molar-refractivity contribution is 6.09. The molecule has 0 radical (unpaired) electrons. The van der Waals surface area contributed by atoms with Crippen LogP contribution in [0.2, 0.25) is 0 Å². The van der Waals surface area contributed by atoms with E-state index < -0.39 is 0 Å². The summed E-state index contributed by atoms with van der Waals surface area (Å²) in [7, 11) is 1.96. The van der Waals surface area contributed by atoms with Gasteiger partial charge in [-0.2, -0.15) is 0 Å². The van der Waals surface area contributed by atoms with Gasteiger partial charge < -0.3 is 15.4 Å². The monoisotopic (exact) mass is 290 g/mol. The van der Waals surface area contributed by atoms with Crippen LogP contribution >= 0.6 is 0 Å². The molecule has 0 spiro atoms. The molecule has 0 saturated heterocycles. The lowest BCUT2D eigenvalue weighted by Gasteiger charge is -2.04. The number of rotatable bonds is 1. The van der Waals surface area contributed by atoms with E-state index in [1.807, 2.05) is 35.9 Å². The van der Waals surface area contributed by atoms with Gasteiger partial charge in [0.2, 0.25) is 0 Å². The number of phenols is 1. The van der Waals surface area contributed by atoms with E-state index in [4.69, 9.17) is 5.73 Å². The Morgan fingerprint density at radius 3 is 2.50 bits per heavy atom. The van der Waals surface area contributed by atoms with Gasteiger partial charge in [-0.05, 0) is 29.3 Å². The van der Waals surface area contributed by atoms with Gasteiger partial charge in [0, 0.05) is 12.4 Å². The van der Waals surface area contributed by atoms with Crippen LogP contribution in [0.25, 0.3) is 33.1 Å². The molecule has 0 saturated carbocycles. The van der Waals surface area contributed by atoms with Crippen LogP contribution in [-0.4, -0.2) is 19.6 Å². The number of hydrogen-bond donors (Lipinski definition) is 2. The summed E-state index contributed by atoms with van der Waals surface area (Å²) in [6.07, 6.45) is 1.49. The van der Waals surface area contributed by atoms with Crippen LogP contribution in [-0.2, 0) is 7.05 Å². The van der Waals surface area contributed by atoms with Crippen LogP contribution in [0.5, 0.6) is 5.75 Å². The van der Waals surface area contributed by atoms with Crippen LogP contribution in [0.3, 0.4) is 0 Å². The van der Waals surface area contributed by atoms with Crippen molar-refractivity contribution >= 4 is 27.8 Å². The Morgan fingerprint density at radius 2 is 1.73 bits per heavy atom. The first-order valence-corrected chi connectivity index (χ1v) is 6.93. The van der Waals surface area contributed by atoms with Gasteiger partial charge in [-0.3, -0.25) is 0 Å². The molecule has 2 aromatic carbocycles. The van der Waals surface area contributed by atoms with Gasteiger partial charge in [0.25, 0.3) is 0 Å². The zero-order valence-corrected chi connectivity index (χ0v) is 12.0. The average molecular weight is 290 g/mol. The maximum absolute atomic E-state index is 9.41. The van der Waals surface area contributed by atoms with E-state index in [9.17, 15) is 5.11 Å². The van der Waals surface area contributed by atoms with Gasteiger partial charge in [-0.1, -0.05) is 24.3 Å². The molecule has 0 atom stereocenters. The number of benzene rings is 2. The van der Waals surface area contributed by atoms with E-state index in [1.165, 1.54) is 6.33 Å². The molecule has 4 rings (SSSR count). The smallest absolute Gasteiger partial charge is 0.151 e. The Morgan fingerprint density at radius 1 is 1.00 bits per heavy atom. The van der Waals surface area contributed by atoms with E-state index in [0.29, 0.717) is 5.82 Å². The minimum Gasteiger partial charge on any atom is -0.508 e. The number of nitrogens with zero attached hydrogens (tertiary/aromatic N) is 3. The third-order valence-electron chi connectivity index (χ3n) is 4.00. The van der Waals surface area contributed by atoms with Crippen LogP contribution < -0.4 is 5.73 Å². The van der Waals surface area contributed by atoms with E-state index >= 15 is 0 Å². The first-order chi connectivity index (χ1) is 10.6. The normalized spacial score (nSPS) is 11.3. The molecule has 0 fully saturated rings. The van der Waals surface area contributed by atoms with Gasteiger partial charge in [0.1, 0.15) is 23.1 Å². The van der Waals surface area contributed by atoms with Crippen LogP contribution in [0.15, 0.2) is 48.8 Å². The molecule has 5 heteroatoms. The number of aromatic nitrogens is 3. The fourth-order valence-electron chi connectivity index (χ4n) is 2.88. The molecular weight excluding hydrogens is 276 g/mol. The number of anilines is 1. The summed E-state index contributed by atoms with van der Waals surface area (Å²) in [5, 5.41) is 10.5. The maximum atomic E-state index is 9.41. The Hall–Kier alpha value is -3.08. The summed E-state index contributed by atoms with van der Waals surface area (Å²) in [5.41, 5.74) is 10.9. The van der Waals surface area contributed by atoms with Crippen molar-refractivity contribution in [2.75, 3.05) is 5.73 Å². The SMILES string of the molecule is Cn1c2cc(-c3ccc(O)cc3)ccc2c2ncnc(N)c21. The van der Waals surface area contributed by atoms with Crippen molar-refractivity contribution in [3.63, 3.8) is 0 Å². The van der Waals surface area contributed by atoms with Crippen molar-refractivity contribution in [2.45, 2.75) is 0 Å². The fourth-order valence-corrected chi connectivity index (χ4v) is 2.88. The van der Waals surface area contributed by atoms with Crippen LogP contribution in [0.1, 0.15) is 0 Å². The number of aryl methyl sites for hydroxylation is 1. The maximum Gasteiger partial charge on any atom is 0.151 e. The molecule has 0 unspecified atom stereocenters. The number of nitrogens with two attached hydrogens (primary N) is 1. The zero-order chi connectivity index (χ0) is 15.3. The molecule has 0 aliphatic carbocycles. The molecule has 22 heavy (non-hydrogen) atoms. The van der Waals surface area contributed by atoms with Crippen molar-refractivity contribution in [3.8, 4) is 16.9 Å². The predicted octanol–water partition coefficient (Wildman–Crippen LogP) is 3.08. The molecule has 0 aliphatic heterocycles. The van der Waals surface area contributed by atoms with Crippen molar-refractivity contribution in [3.05, 3.63) is 48.8 Å². The number of nitrogen functional groups attached to an aromatic ring is 1. The van der Waals surface area contributed by atoms with E-state index in [1.54, 1.807) is 12.1 Å². The average Bonchev–Trinajstić information content (AvgIpc) is 2.82. The molecule has 108 valence electrons. The Kier molecular flexibility index (Phi) is 2.56. The molecule has 3 N–H and O–H groups in total. The van der Waals surface area contributed by atoms with E-state index in [0.717, 1.165) is 33.1 Å². The van der Waals surface area contributed by atoms with Gasteiger partial charge in [0.05, 0.1) is 5.52 Å². The Balaban J connectivity index is 2.02. The molecule has 5 nitrogen and oxygen atoms in total. The summed E-state index contributed by atoms with van der Waals surface area (Å²) in [4.78, 5) is 8.43. The lowest BCUT2D eigenvalue weighted by molar-refractivity contribution is 0.475. The number of aromatic hydroxyl groups is 1. The molecule has 4 aromatic rings. The number of phenolic OH excluding ortho intramolecular Hbond substituents is 1. The molecule has 2 aromatic heterocycles. The van der Waals surface area contributed by atoms with Crippen molar-refractivity contribution in [2.24, 2.45) is 7.05 Å². The number of hydrogen-bond acceptors (Lipinski definition) is 4. The second-order valence-electron chi connectivity index (χ2n) is 5.29. The third-order valence-corrected chi connectivity index (χ3v) is 4.00. The minimum absolute atomic E-state index is 0.262. The van der Waals surface area contributed by atoms with E-state index in [-0.39, 0.29) is 5.75 Å². The van der Waals surface area contributed by atoms with Crippen molar-refractivity contribution < 1.29 is 5.11 Å². The molecule has 0 amide bonds. The van der Waals surface area contributed by atoms with Crippen molar-refractivity contribution in [1.29, 1.82) is 0 Å². The van der Waals surface area contributed by atoms with Gasteiger partial charge in [0.15, 0.2) is 5.82 Å². The summed E-state index contributed by atoms with van der Waals surface area (Å²) >= 11 is 0. The first-order valence-electron chi connectivity index (χ1n) is 6.93. The molecular formula is C17H14N4O. The third kappa shape index (κ3) is 1.72. The van der Waals surface area contributed by atoms with Crippen LogP contribution in [0.4, 0.5) is 5.82 Å². The van der Waals surface area contributed by atoms with Gasteiger partial charge in [-0.25, -0.2) is 9.97 Å². The Bertz CT molecular complexity index is 1000. The zero-order valence-electron chi connectivity index (χ0n) is 12.0. The summed E-state index contributed by atoms with van der Waals surface area (Å²) in [6, 6.07) is 13.4. The minimum atomic E-state index is 0.262. The summed E-state index contributed by atoms with van der Waals surface area (Å²) in [5.74, 6) is 0.743. The fraction of sp³-hybridized carbons (Fsp3) is 0.0588. The standard InChI is InChI=1S/C17H14N4O/c1-21-14-8-11(10-2-5-12(22)6-3-10)4-7-13(14)15-16(21)17(18)20-9-19-15/h2-9,22H,1H3,(H2,18,19,20). The second-order valence-corrected chi connectivity index (χ2v) is 5.29. The highest BCUT2D eigenvalue weighted by Gasteiger charge is 2.13. The van der Waals surface area contributed by atoms with Crippen LogP contribution in [0, 0.1) is 0 Å². The highest BCUT2D eigenvalue weighted by Crippen LogP contribution is 2.32. The molecule has 0 bridgehead atoms. The first kappa shape index (κ1) is 12.6. The lowest BCUT2D eigenvalue weighted by atomic mass is 10.0. The predicted molar refractivity (Wildman–Crippen MR) is 87.5 cm³/mol. The highest BCUT2D eigenvalue weighted by atomic mass is 16.3. The molecule has 2 heterocycles. The Labute approximate surface area is 126 Å². The summed E-state index contributed by atoms with van der Waals surface area (Å²) in [6.45, 7) is 0. The number of fused-ring (bicyclic) bond motifs is 3.